The average Bonchev–Trinajstić information content (AvgIpc) is 3.75. The molecule has 0 radical (unpaired) electrons. The van der Waals surface area contributed by atoms with Crippen LogP contribution in [-0.2, 0) is 38.3 Å². The summed E-state index contributed by atoms with van der Waals surface area (Å²) in [7, 11) is 5.30. The third-order valence-corrected chi connectivity index (χ3v) is 15.8. The third kappa shape index (κ3) is 8.62. The van der Waals surface area contributed by atoms with Crippen molar-refractivity contribution in [1.82, 2.24) is 19.4 Å². The van der Waals surface area contributed by atoms with Crippen LogP contribution in [0, 0.1) is 23.7 Å². The van der Waals surface area contributed by atoms with Crippen LogP contribution in [0.3, 0.4) is 0 Å². The summed E-state index contributed by atoms with van der Waals surface area (Å²) in [6.45, 7) is 4.83. The van der Waals surface area contributed by atoms with Crippen molar-refractivity contribution in [2.24, 2.45) is 35.1 Å². The standard InChI is InChI=1S/C44H59ClN6O7S/c1-27-24-59(54,48-42(53)35-23-50(4)46-43(35)56-6)47-41(52)29-10-14-38-37(20-29)51(25-44(26-57-38)16-7-8-28-18-32(45)11-13-36(28)44)22-30-9-12-34(30)39(55-5)21-31-19-33(58-40(27)31)15-17-49(2)3/h10-11,13-14,18,20,23,27,30-31,33-34,39-40H,7-9,12,15-17,19,21-22,24-26H2,1-6H3,(H,47,48,52,53,54)/t27-,30+,31?,33?,34-,39+,40?,44+,59?/m1/s1. The highest BCUT2D eigenvalue weighted by molar-refractivity contribution is 7.92. The van der Waals surface area contributed by atoms with Gasteiger partial charge in [-0.1, -0.05) is 24.6 Å². The maximum absolute atomic E-state index is 15.2. The molecule has 13 nitrogen and oxygen atoms in total. The van der Waals surface area contributed by atoms with Crippen LogP contribution in [0.1, 0.15) is 83.7 Å². The van der Waals surface area contributed by atoms with Crippen molar-refractivity contribution in [1.29, 1.82) is 0 Å². The molecule has 2 amide bonds. The molecule has 59 heavy (non-hydrogen) atoms. The van der Waals surface area contributed by atoms with Gasteiger partial charge >= 0.3 is 0 Å². The first kappa shape index (κ1) is 42.0. The summed E-state index contributed by atoms with van der Waals surface area (Å²) >= 11 is 6.52. The zero-order valence-corrected chi connectivity index (χ0v) is 36.7. The molecule has 1 saturated carbocycles. The Kier molecular flexibility index (Phi) is 12.1. The molecule has 4 unspecified atom stereocenters. The van der Waals surface area contributed by atoms with E-state index in [1.165, 1.54) is 29.1 Å². The van der Waals surface area contributed by atoms with Gasteiger partial charge in [-0.15, -0.1) is 9.46 Å². The Bertz CT molecular complexity index is 2190. The van der Waals surface area contributed by atoms with Crippen LogP contribution < -0.4 is 19.1 Å². The topological polar surface area (TPSA) is 137 Å². The average molecular weight is 852 g/mol. The summed E-state index contributed by atoms with van der Waals surface area (Å²) in [4.78, 5) is 32.9. The number of anilines is 1. The van der Waals surface area contributed by atoms with E-state index in [-0.39, 0.29) is 58.3 Å². The van der Waals surface area contributed by atoms with E-state index >= 15 is 4.21 Å². The zero-order valence-electron chi connectivity index (χ0n) is 35.2. The van der Waals surface area contributed by atoms with Crippen LogP contribution in [-0.4, -0.2) is 109 Å². The zero-order chi connectivity index (χ0) is 41.6. The van der Waals surface area contributed by atoms with E-state index in [0.717, 1.165) is 75.2 Å². The first-order valence-electron chi connectivity index (χ1n) is 21.1. The Morgan fingerprint density at radius 3 is 2.71 bits per heavy atom. The highest BCUT2D eigenvalue weighted by atomic mass is 35.5. The predicted molar refractivity (Wildman–Crippen MR) is 228 cm³/mol. The summed E-state index contributed by atoms with van der Waals surface area (Å²) in [5.41, 5.74) is 3.41. The fourth-order valence-electron chi connectivity index (χ4n) is 10.6. The summed E-state index contributed by atoms with van der Waals surface area (Å²) in [6, 6.07) is 11.6. The van der Waals surface area contributed by atoms with Gasteiger partial charge < -0.3 is 28.7 Å². The SMILES string of the molecule is COc1nn(C)cc1C(=O)NS1(=O)=NC(=O)c2ccc3c(c2)N(C[C@@H]2CC[C@H]2[C@@H](OC)CC2CC(CCN(C)C)OC2[C@H](C)C1)C[C@@]1(CCCc2cc(Cl)ccc21)CO3. The first-order valence-corrected chi connectivity index (χ1v) is 23.2. The molecule has 2 aliphatic carbocycles. The van der Waals surface area contributed by atoms with Gasteiger partial charge in [0.2, 0.25) is 5.88 Å². The quantitative estimate of drug-likeness (QED) is 0.288. The summed E-state index contributed by atoms with van der Waals surface area (Å²) in [5.74, 6) is -0.195. The number of benzene rings is 2. The molecule has 8 rings (SSSR count). The molecule has 2 fully saturated rings. The number of fused-ring (bicyclic) bond motifs is 5. The Labute approximate surface area is 353 Å². The smallest absolute Gasteiger partial charge is 0.286 e. The maximum atomic E-state index is 15.2. The van der Waals surface area contributed by atoms with Gasteiger partial charge in [0.05, 0.1) is 43.5 Å². The summed E-state index contributed by atoms with van der Waals surface area (Å²) in [5, 5.41) is 4.95. The molecular weight excluding hydrogens is 792 g/mol. The van der Waals surface area contributed by atoms with Crippen molar-refractivity contribution < 1.29 is 32.7 Å². The Morgan fingerprint density at radius 1 is 1.14 bits per heavy atom. The number of carbonyl (C=O) groups is 2. The van der Waals surface area contributed by atoms with Gasteiger partial charge in [-0.25, -0.2) is 4.21 Å². The number of rotatable bonds is 7. The van der Waals surface area contributed by atoms with Gasteiger partial charge in [0.15, 0.2) is 0 Å². The molecule has 4 heterocycles. The Balaban J connectivity index is 1.21. The number of nitrogens with zero attached hydrogens (tertiary/aromatic N) is 5. The van der Waals surface area contributed by atoms with Crippen LogP contribution in [0.25, 0.3) is 0 Å². The van der Waals surface area contributed by atoms with Crippen LogP contribution in [0.5, 0.6) is 11.6 Å². The molecule has 1 N–H and O–H groups in total. The Morgan fingerprint density at radius 2 is 1.97 bits per heavy atom. The van der Waals surface area contributed by atoms with Gasteiger partial charge in [0.1, 0.15) is 21.2 Å². The van der Waals surface area contributed by atoms with Crippen LogP contribution >= 0.6 is 11.6 Å². The normalized spacial score (nSPS) is 31.9. The van der Waals surface area contributed by atoms with Crippen LogP contribution in [0.4, 0.5) is 5.69 Å². The molecule has 5 aliphatic rings. The molecule has 1 aromatic heterocycles. The van der Waals surface area contributed by atoms with E-state index in [2.05, 4.69) is 50.2 Å². The van der Waals surface area contributed by atoms with Crippen LogP contribution in [0.15, 0.2) is 47.0 Å². The fourth-order valence-corrected chi connectivity index (χ4v) is 12.7. The van der Waals surface area contributed by atoms with Crippen molar-refractivity contribution in [3.05, 3.63) is 69.9 Å². The molecule has 1 saturated heterocycles. The van der Waals surface area contributed by atoms with Crippen molar-refractivity contribution in [3.8, 4) is 11.6 Å². The van der Waals surface area contributed by atoms with E-state index in [9.17, 15) is 9.59 Å². The molecule has 9 atom stereocenters. The second-order valence-electron chi connectivity index (χ2n) is 17.9. The molecule has 15 heteroatoms. The lowest BCUT2D eigenvalue weighted by atomic mass is 9.67. The minimum absolute atomic E-state index is 0.00599. The van der Waals surface area contributed by atoms with Crippen molar-refractivity contribution in [2.45, 2.75) is 82.0 Å². The van der Waals surface area contributed by atoms with Crippen molar-refractivity contribution in [3.63, 3.8) is 0 Å². The van der Waals surface area contributed by atoms with Gasteiger partial charge in [-0.3, -0.25) is 19.0 Å². The number of aryl methyl sites for hydroxylation is 2. The van der Waals surface area contributed by atoms with Gasteiger partial charge in [0, 0.05) is 49.4 Å². The van der Waals surface area contributed by atoms with Gasteiger partial charge in [0.25, 0.3) is 11.8 Å². The lowest BCUT2D eigenvalue weighted by Crippen LogP contribution is -2.50. The van der Waals surface area contributed by atoms with E-state index in [1.807, 2.05) is 32.2 Å². The van der Waals surface area contributed by atoms with E-state index in [0.29, 0.717) is 30.7 Å². The molecule has 1 spiro atoms. The molecule has 320 valence electrons. The predicted octanol–water partition coefficient (Wildman–Crippen LogP) is 6.31. The number of hydrogen-bond acceptors (Lipinski definition) is 10. The highest BCUT2D eigenvalue weighted by Gasteiger charge is 2.47. The Hall–Kier alpha value is -3.69. The molecule has 3 aromatic rings. The summed E-state index contributed by atoms with van der Waals surface area (Å²) < 4.78 is 49.1. The molecule has 2 bridgehead atoms. The monoisotopic (exact) mass is 850 g/mol. The molecule has 2 aromatic carbocycles. The van der Waals surface area contributed by atoms with Crippen molar-refractivity contribution in [2.75, 3.05) is 65.2 Å². The van der Waals surface area contributed by atoms with Gasteiger partial charge in [-0.2, -0.15) is 0 Å². The van der Waals surface area contributed by atoms with Crippen LogP contribution in [0.2, 0.25) is 5.02 Å². The number of hydrogen-bond donors (Lipinski definition) is 1. The number of nitrogens with one attached hydrogen (secondary N) is 1. The minimum Gasteiger partial charge on any atom is -0.490 e. The molecular formula is C44H59ClN6O7S. The summed E-state index contributed by atoms with van der Waals surface area (Å²) in [6.07, 6.45) is 8.83. The van der Waals surface area contributed by atoms with E-state index in [1.54, 1.807) is 13.1 Å². The van der Waals surface area contributed by atoms with Crippen molar-refractivity contribution >= 4 is 39.0 Å². The lowest BCUT2D eigenvalue weighted by molar-refractivity contribution is -0.0448. The fraction of sp³-hybridized carbons (Fsp3) is 0.614. The van der Waals surface area contributed by atoms with Gasteiger partial charge in [-0.05, 0) is 137 Å². The number of amides is 2. The number of halogens is 1. The second kappa shape index (κ2) is 17.0. The largest absolute Gasteiger partial charge is 0.490 e. The maximum Gasteiger partial charge on any atom is 0.286 e. The number of methoxy groups -OCH3 is 2. The number of carbonyl (C=O) groups excluding carboxylic acids is 2. The highest BCUT2D eigenvalue weighted by Crippen LogP contribution is 2.48. The van der Waals surface area contributed by atoms with E-state index in [4.69, 9.17) is 30.5 Å². The lowest BCUT2D eigenvalue weighted by Gasteiger charge is -2.47. The first-order chi connectivity index (χ1) is 28.3. The minimum atomic E-state index is -3.73. The second-order valence-corrected chi connectivity index (χ2v) is 20.4. The third-order valence-electron chi connectivity index (χ3n) is 13.6. The van der Waals surface area contributed by atoms with E-state index < -0.39 is 21.7 Å². The number of aromatic nitrogens is 2. The number of ether oxygens (including phenoxy) is 4. The molecule has 3 aliphatic heterocycles.